The van der Waals surface area contributed by atoms with Crippen LogP contribution in [-0.2, 0) is 10.1 Å². The summed E-state index contributed by atoms with van der Waals surface area (Å²) in [7, 11) is -4.07. The van der Waals surface area contributed by atoms with Crippen LogP contribution in [-0.4, -0.2) is 25.0 Å². The average Bonchev–Trinajstić information content (AvgIpc) is 3.24. The van der Waals surface area contributed by atoms with Crippen molar-refractivity contribution < 1.29 is 17.3 Å². The molecule has 0 saturated carbocycles. The first kappa shape index (κ1) is 22.6. The van der Waals surface area contributed by atoms with Crippen molar-refractivity contribution in [3.05, 3.63) is 82.6 Å². The van der Waals surface area contributed by atoms with E-state index in [9.17, 15) is 13.7 Å². The van der Waals surface area contributed by atoms with Crippen LogP contribution in [0.15, 0.2) is 76.1 Å². The van der Waals surface area contributed by atoms with E-state index in [1.165, 1.54) is 12.1 Å². The Morgan fingerprint density at radius 1 is 1.15 bits per heavy atom. The summed E-state index contributed by atoms with van der Waals surface area (Å²) >= 11 is 3.38. The van der Waals surface area contributed by atoms with Crippen LogP contribution in [0.25, 0.3) is 22.7 Å². The van der Waals surface area contributed by atoms with Crippen molar-refractivity contribution in [2.24, 2.45) is 0 Å². The van der Waals surface area contributed by atoms with Crippen LogP contribution in [0.5, 0.6) is 11.5 Å². The summed E-state index contributed by atoms with van der Waals surface area (Å²) in [5, 5.41) is 9.72. The third-order valence-corrected chi connectivity index (χ3v) is 6.46. The largest absolute Gasteiger partial charge is 0.490 e. The second-order valence-corrected chi connectivity index (χ2v) is 9.29. The van der Waals surface area contributed by atoms with Gasteiger partial charge in [0.05, 0.1) is 27.7 Å². The first-order valence-corrected chi connectivity index (χ1v) is 12.1. The molecule has 9 heteroatoms. The monoisotopic (exact) mass is 523 g/mol. The zero-order valence-corrected chi connectivity index (χ0v) is 19.9. The first-order valence-electron chi connectivity index (χ1n) is 9.94. The number of aromatic amines is 1. The Labute approximate surface area is 199 Å². The van der Waals surface area contributed by atoms with Gasteiger partial charge in [-0.1, -0.05) is 30.3 Å². The third kappa shape index (κ3) is 4.92. The lowest BCUT2D eigenvalue weighted by Gasteiger charge is -2.14. The highest BCUT2D eigenvalue weighted by atomic mass is 79.9. The molecule has 0 unspecified atom stereocenters. The number of hydrogen-bond acceptors (Lipinski definition) is 6. The molecule has 33 heavy (non-hydrogen) atoms. The summed E-state index contributed by atoms with van der Waals surface area (Å²) in [4.78, 5) is 7.63. The van der Waals surface area contributed by atoms with Gasteiger partial charge >= 0.3 is 10.1 Å². The van der Waals surface area contributed by atoms with E-state index in [0.29, 0.717) is 21.4 Å². The zero-order valence-electron chi connectivity index (χ0n) is 17.4. The number of aromatic nitrogens is 2. The molecule has 0 saturated heterocycles. The summed E-state index contributed by atoms with van der Waals surface area (Å²) in [5.41, 5.74) is 2.48. The van der Waals surface area contributed by atoms with Gasteiger partial charge in [0.2, 0.25) is 0 Å². The minimum atomic E-state index is -4.07. The Bertz CT molecular complexity index is 1460. The summed E-state index contributed by atoms with van der Waals surface area (Å²) < 4.78 is 36.9. The number of halogens is 1. The van der Waals surface area contributed by atoms with Gasteiger partial charge in [-0.25, -0.2) is 4.98 Å². The van der Waals surface area contributed by atoms with Crippen molar-refractivity contribution >= 4 is 48.7 Å². The molecule has 1 aromatic heterocycles. The second kappa shape index (κ2) is 9.48. The highest BCUT2D eigenvalue weighted by Crippen LogP contribution is 2.39. The van der Waals surface area contributed by atoms with Gasteiger partial charge in [0.15, 0.2) is 11.5 Å². The van der Waals surface area contributed by atoms with Gasteiger partial charge in [-0.15, -0.1) is 0 Å². The Morgan fingerprint density at radius 3 is 2.58 bits per heavy atom. The van der Waals surface area contributed by atoms with E-state index in [1.54, 1.807) is 43.3 Å². The van der Waals surface area contributed by atoms with E-state index < -0.39 is 10.1 Å². The molecule has 0 radical (unpaired) electrons. The lowest BCUT2D eigenvalue weighted by Crippen LogP contribution is -2.11. The molecule has 0 spiro atoms. The molecule has 4 rings (SSSR count). The van der Waals surface area contributed by atoms with Crippen molar-refractivity contribution in [3.8, 4) is 17.6 Å². The molecule has 0 atom stereocenters. The normalized spacial score (nSPS) is 11.8. The third-order valence-electron chi connectivity index (χ3n) is 4.63. The minimum absolute atomic E-state index is 0.0278. The number of nitrogens with zero attached hydrogens (tertiary/aromatic N) is 2. The molecule has 1 N–H and O–H groups in total. The fourth-order valence-corrected chi connectivity index (χ4v) is 4.79. The Kier molecular flexibility index (Phi) is 6.49. The second-order valence-electron chi connectivity index (χ2n) is 6.89. The molecule has 1 heterocycles. The molecule has 7 nitrogen and oxygen atoms in total. The van der Waals surface area contributed by atoms with E-state index in [1.807, 2.05) is 24.3 Å². The van der Waals surface area contributed by atoms with Gasteiger partial charge in [0, 0.05) is 0 Å². The number of H-pyrrole nitrogens is 1. The molecular weight excluding hydrogens is 506 g/mol. The van der Waals surface area contributed by atoms with Crippen LogP contribution in [0, 0.1) is 11.3 Å². The predicted octanol–water partition coefficient (Wildman–Crippen LogP) is 5.56. The quantitative estimate of drug-likeness (QED) is 0.251. The van der Waals surface area contributed by atoms with Gasteiger partial charge < -0.3 is 13.9 Å². The van der Waals surface area contributed by atoms with Crippen molar-refractivity contribution in [2.75, 3.05) is 6.61 Å². The topological polar surface area (TPSA) is 105 Å². The number of imidazole rings is 1. The van der Waals surface area contributed by atoms with Crippen LogP contribution in [0.1, 0.15) is 18.3 Å². The highest BCUT2D eigenvalue weighted by Gasteiger charge is 2.22. The fraction of sp³-hybridized carbons (Fsp3) is 0.0833. The molecule has 0 bridgehead atoms. The van der Waals surface area contributed by atoms with Crippen LogP contribution in [0.2, 0.25) is 0 Å². The fourth-order valence-electron chi connectivity index (χ4n) is 3.16. The van der Waals surface area contributed by atoms with E-state index >= 15 is 0 Å². The highest BCUT2D eigenvalue weighted by molar-refractivity contribution is 9.10. The number of allylic oxidation sites excluding steroid dienone is 1. The molecule has 0 amide bonds. The van der Waals surface area contributed by atoms with Gasteiger partial charge in [-0.3, -0.25) is 0 Å². The van der Waals surface area contributed by atoms with Crippen LogP contribution in [0.4, 0.5) is 0 Å². The first-order chi connectivity index (χ1) is 15.9. The maximum atomic E-state index is 12.7. The van der Waals surface area contributed by atoms with E-state index in [-0.39, 0.29) is 23.0 Å². The summed E-state index contributed by atoms with van der Waals surface area (Å²) in [6.07, 6.45) is 1.64. The molecule has 4 aromatic rings. The van der Waals surface area contributed by atoms with E-state index in [2.05, 4.69) is 32.0 Å². The molecule has 3 aromatic carbocycles. The number of nitriles is 1. The smallest absolute Gasteiger partial charge is 0.339 e. The number of hydrogen-bond donors (Lipinski definition) is 1. The molecule has 0 aliphatic carbocycles. The molecule has 0 aliphatic heterocycles. The number of benzene rings is 3. The molecular formula is C24H18BrN3O4S. The van der Waals surface area contributed by atoms with Gasteiger partial charge in [0.1, 0.15) is 16.8 Å². The average molecular weight is 524 g/mol. The van der Waals surface area contributed by atoms with Crippen LogP contribution < -0.4 is 8.92 Å². The molecule has 166 valence electrons. The summed E-state index contributed by atoms with van der Waals surface area (Å²) in [6, 6.07) is 20.8. The Morgan fingerprint density at radius 2 is 1.88 bits per heavy atom. The van der Waals surface area contributed by atoms with Crippen LogP contribution in [0.3, 0.4) is 0 Å². The molecule has 0 aliphatic rings. The van der Waals surface area contributed by atoms with Gasteiger partial charge in [-0.05, 0) is 70.9 Å². The number of rotatable bonds is 7. The maximum absolute atomic E-state index is 12.7. The van der Waals surface area contributed by atoms with Crippen molar-refractivity contribution in [3.63, 3.8) is 0 Å². The van der Waals surface area contributed by atoms with Crippen molar-refractivity contribution in [1.82, 2.24) is 9.97 Å². The standard InChI is InChI=1S/C24H18BrN3O4S/c1-2-31-22-14-16(12-17(15-26)24-27-20-10-6-7-11-21(20)28-24)13-19(25)23(22)32-33(29,30)18-8-4-3-5-9-18/h3-14H,2H2,1H3,(H,27,28)/b17-12+. The number of fused-ring (bicyclic) bond motifs is 1. The minimum Gasteiger partial charge on any atom is -0.490 e. The van der Waals surface area contributed by atoms with E-state index in [4.69, 9.17) is 8.92 Å². The van der Waals surface area contributed by atoms with Crippen molar-refractivity contribution in [2.45, 2.75) is 11.8 Å². The number of nitrogens with one attached hydrogen (secondary N) is 1. The van der Waals surface area contributed by atoms with Gasteiger partial charge in [0.25, 0.3) is 0 Å². The van der Waals surface area contributed by atoms with E-state index in [0.717, 1.165) is 11.0 Å². The maximum Gasteiger partial charge on any atom is 0.339 e. The SMILES string of the molecule is CCOc1cc(/C=C(\C#N)c2nc3ccccc3[nH]2)cc(Br)c1OS(=O)(=O)c1ccccc1. The summed E-state index contributed by atoms with van der Waals surface area (Å²) in [6.45, 7) is 2.07. The Balaban J connectivity index is 1.74. The zero-order chi connectivity index (χ0) is 23.4. The predicted molar refractivity (Wildman–Crippen MR) is 129 cm³/mol. The lowest BCUT2D eigenvalue weighted by atomic mass is 10.1. The van der Waals surface area contributed by atoms with Crippen molar-refractivity contribution in [1.29, 1.82) is 5.26 Å². The van der Waals surface area contributed by atoms with Crippen LogP contribution >= 0.6 is 15.9 Å². The molecule has 0 fully saturated rings. The number of ether oxygens (including phenoxy) is 1. The summed E-state index contributed by atoms with van der Waals surface area (Å²) in [5.74, 6) is 0.680. The van der Waals surface area contributed by atoms with Gasteiger partial charge in [-0.2, -0.15) is 13.7 Å². The Hall–Kier alpha value is -3.61. The number of para-hydroxylation sites is 2. The lowest BCUT2D eigenvalue weighted by molar-refractivity contribution is 0.327.